The summed E-state index contributed by atoms with van der Waals surface area (Å²) in [5.74, 6) is 0.444. The third kappa shape index (κ3) is 6.46. The maximum absolute atomic E-state index is 5.51. The van der Waals surface area contributed by atoms with Crippen molar-refractivity contribution in [2.75, 3.05) is 12.5 Å². The summed E-state index contributed by atoms with van der Waals surface area (Å²) < 4.78 is 4.89. The van der Waals surface area contributed by atoms with Gasteiger partial charge in [-0.1, -0.05) is 23.2 Å². The summed E-state index contributed by atoms with van der Waals surface area (Å²) in [5, 5.41) is 0. The monoisotopic (exact) mass is 188 g/mol. The van der Waals surface area contributed by atoms with Gasteiger partial charge in [-0.05, 0) is 6.08 Å². The number of hydrogen-bond acceptors (Lipinski definition) is 1. The minimum absolute atomic E-state index is 0.441. The summed E-state index contributed by atoms with van der Waals surface area (Å²) in [6.45, 7) is 0.441. The molecule has 0 saturated carbocycles. The number of halogens is 3. The Bertz CT molecular complexity index is 84.3. The van der Waals surface area contributed by atoms with Gasteiger partial charge in [0, 0.05) is 11.4 Å². The highest BCUT2D eigenvalue weighted by Crippen LogP contribution is 2.00. The lowest BCUT2D eigenvalue weighted by Crippen LogP contribution is -2.03. The fourth-order valence-electron chi connectivity index (χ4n) is 0.270. The lowest BCUT2D eigenvalue weighted by Gasteiger charge is -2.02. The highest BCUT2D eigenvalue weighted by molar-refractivity contribution is 6.26. The fourth-order valence-corrected chi connectivity index (χ4v) is 0.727. The molecule has 0 aromatic rings. The van der Waals surface area contributed by atoms with Crippen molar-refractivity contribution in [3.63, 3.8) is 0 Å². The van der Waals surface area contributed by atoms with Gasteiger partial charge in [0.25, 0.3) is 0 Å². The summed E-state index contributed by atoms with van der Waals surface area (Å²) in [6.07, 6.45) is 1.52. The SMILES string of the molecule is ClC=CC(Cl)OCCCl. The Morgan fingerprint density at radius 1 is 1.56 bits per heavy atom. The van der Waals surface area contributed by atoms with E-state index in [-0.39, 0.29) is 0 Å². The highest BCUT2D eigenvalue weighted by atomic mass is 35.5. The molecular formula is C5H7Cl3O. The minimum Gasteiger partial charge on any atom is -0.358 e. The molecule has 0 bridgehead atoms. The van der Waals surface area contributed by atoms with Gasteiger partial charge in [-0.2, -0.15) is 0 Å². The summed E-state index contributed by atoms with van der Waals surface area (Å²) >= 11 is 16.0. The molecule has 4 heteroatoms. The molecule has 0 aliphatic rings. The first-order valence-electron chi connectivity index (χ1n) is 2.39. The van der Waals surface area contributed by atoms with Gasteiger partial charge in [0.15, 0.2) is 5.56 Å². The number of rotatable bonds is 4. The maximum atomic E-state index is 5.51. The van der Waals surface area contributed by atoms with E-state index in [1.165, 1.54) is 11.6 Å². The van der Waals surface area contributed by atoms with Crippen LogP contribution in [-0.2, 0) is 4.74 Å². The smallest absolute Gasteiger partial charge is 0.151 e. The summed E-state index contributed by atoms with van der Waals surface area (Å²) in [4.78, 5) is 0. The van der Waals surface area contributed by atoms with Gasteiger partial charge < -0.3 is 4.74 Å². The van der Waals surface area contributed by atoms with E-state index in [0.717, 1.165) is 0 Å². The van der Waals surface area contributed by atoms with Crippen molar-refractivity contribution in [2.45, 2.75) is 5.56 Å². The van der Waals surface area contributed by atoms with E-state index in [1.807, 2.05) is 0 Å². The van der Waals surface area contributed by atoms with Crippen LogP contribution in [0, 0.1) is 0 Å². The van der Waals surface area contributed by atoms with Crippen molar-refractivity contribution >= 4 is 34.8 Å². The standard InChI is InChI=1S/C5H7Cl3O/c6-2-1-5(8)9-4-3-7/h1-2,5H,3-4H2. The molecule has 0 saturated heterocycles. The molecule has 0 aromatic heterocycles. The molecule has 1 atom stereocenters. The van der Waals surface area contributed by atoms with Gasteiger partial charge in [-0.25, -0.2) is 0 Å². The van der Waals surface area contributed by atoms with Gasteiger partial charge in [-0.15, -0.1) is 11.6 Å². The van der Waals surface area contributed by atoms with Crippen LogP contribution in [0.3, 0.4) is 0 Å². The van der Waals surface area contributed by atoms with Crippen molar-refractivity contribution in [2.24, 2.45) is 0 Å². The quantitative estimate of drug-likeness (QED) is 0.618. The molecule has 0 aliphatic heterocycles. The molecule has 9 heavy (non-hydrogen) atoms. The Kier molecular flexibility index (Phi) is 7.11. The molecule has 0 N–H and O–H groups in total. The number of ether oxygens (including phenoxy) is 1. The number of alkyl halides is 2. The lowest BCUT2D eigenvalue weighted by atomic mass is 10.7. The van der Waals surface area contributed by atoms with Crippen molar-refractivity contribution in [3.8, 4) is 0 Å². The van der Waals surface area contributed by atoms with E-state index in [2.05, 4.69) is 0 Å². The Morgan fingerprint density at radius 3 is 2.67 bits per heavy atom. The van der Waals surface area contributed by atoms with E-state index in [0.29, 0.717) is 12.5 Å². The molecule has 0 amide bonds. The predicted octanol–water partition coefficient (Wildman–Crippen LogP) is 2.56. The van der Waals surface area contributed by atoms with E-state index in [4.69, 9.17) is 39.5 Å². The Balaban J connectivity index is 3.15. The Labute approximate surface area is 69.5 Å². The van der Waals surface area contributed by atoms with Crippen LogP contribution in [0.2, 0.25) is 0 Å². The molecule has 1 nitrogen and oxygen atoms in total. The Morgan fingerprint density at radius 2 is 2.22 bits per heavy atom. The first-order chi connectivity index (χ1) is 4.31. The van der Waals surface area contributed by atoms with Crippen LogP contribution in [0.4, 0.5) is 0 Å². The average molecular weight is 189 g/mol. The Hall–Kier alpha value is 0.570. The summed E-state index contributed by atoms with van der Waals surface area (Å²) in [6, 6.07) is 0. The topological polar surface area (TPSA) is 9.23 Å². The first kappa shape index (κ1) is 9.57. The zero-order valence-corrected chi connectivity index (χ0v) is 6.96. The largest absolute Gasteiger partial charge is 0.358 e. The van der Waals surface area contributed by atoms with Crippen molar-refractivity contribution < 1.29 is 4.74 Å². The van der Waals surface area contributed by atoms with Crippen LogP contribution in [-0.4, -0.2) is 18.1 Å². The summed E-state index contributed by atoms with van der Waals surface area (Å²) in [7, 11) is 0. The normalized spacial score (nSPS) is 14.6. The first-order valence-corrected chi connectivity index (χ1v) is 3.80. The number of hydrogen-bond donors (Lipinski definition) is 0. The minimum atomic E-state index is -0.457. The molecule has 0 aromatic carbocycles. The maximum Gasteiger partial charge on any atom is 0.151 e. The van der Waals surface area contributed by atoms with Crippen molar-refractivity contribution in [1.29, 1.82) is 0 Å². The zero-order valence-electron chi connectivity index (χ0n) is 4.69. The van der Waals surface area contributed by atoms with Crippen LogP contribution >= 0.6 is 34.8 Å². The van der Waals surface area contributed by atoms with Crippen LogP contribution in [0.1, 0.15) is 0 Å². The van der Waals surface area contributed by atoms with Gasteiger partial charge in [0.1, 0.15) is 0 Å². The van der Waals surface area contributed by atoms with E-state index >= 15 is 0 Å². The molecule has 54 valence electrons. The fraction of sp³-hybridized carbons (Fsp3) is 0.600. The molecule has 0 radical (unpaired) electrons. The van der Waals surface area contributed by atoms with Crippen LogP contribution < -0.4 is 0 Å². The van der Waals surface area contributed by atoms with Crippen LogP contribution in [0.5, 0.6) is 0 Å². The molecule has 0 spiro atoms. The van der Waals surface area contributed by atoms with Gasteiger partial charge in [-0.3, -0.25) is 0 Å². The lowest BCUT2D eigenvalue weighted by molar-refractivity contribution is 0.151. The van der Waals surface area contributed by atoms with Gasteiger partial charge >= 0.3 is 0 Å². The zero-order chi connectivity index (χ0) is 7.11. The molecule has 1 unspecified atom stereocenters. The molecule has 0 heterocycles. The van der Waals surface area contributed by atoms with E-state index in [1.54, 1.807) is 0 Å². The average Bonchev–Trinajstić information content (AvgIpc) is 1.85. The van der Waals surface area contributed by atoms with Gasteiger partial charge in [0.2, 0.25) is 0 Å². The summed E-state index contributed by atoms with van der Waals surface area (Å²) in [5.41, 5.74) is 0.854. The third-order valence-corrected chi connectivity index (χ3v) is 1.15. The second-order valence-electron chi connectivity index (χ2n) is 1.23. The van der Waals surface area contributed by atoms with E-state index < -0.39 is 5.56 Å². The molecule has 0 rings (SSSR count). The van der Waals surface area contributed by atoms with Crippen molar-refractivity contribution in [3.05, 3.63) is 11.6 Å². The molecule has 0 fully saturated rings. The van der Waals surface area contributed by atoms with Crippen LogP contribution in [0.15, 0.2) is 11.6 Å². The molecular weight excluding hydrogens is 182 g/mol. The molecule has 0 aliphatic carbocycles. The van der Waals surface area contributed by atoms with Crippen LogP contribution in [0.25, 0.3) is 0 Å². The second kappa shape index (κ2) is 6.69. The van der Waals surface area contributed by atoms with E-state index in [9.17, 15) is 0 Å². The predicted molar refractivity (Wildman–Crippen MR) is 41.3 cm³/mol. The van der Waals surface area contributed by atoms with Crippen molar-refractivity contribution in [1.82, 2.24) is 0 Å². The van der Waals surface area contributed by atoms with Gasteiger partial charge in [0.05, 0.1) is 6.61 Å². The second-order valence-corrected chi connectivity index (χ2v) is 2.29. The highest BCUT2D eigenvalue weighted by Gasteiger charge is 1.95. The third-order valence-electron chi connectivity index (χ3n) is 0.578.